The maximum Gasteiger partial charge on any atom is 0.417 e. The zero-order chi connectivity index (χ0) is 26.0. The minimum atomic E-state index is -4.53. The number of fused-ring (bicyclic) bond motifs is 3. The van der Waals surface area contributed by atoms with Crippen LogP contribution < -0.4 is 11.0 Å². The van der Waals surface area contributed by atoms with Crippen molar-refractivity contribution in [2.75, 3.05) is 5.75 Å². The monoisotopic (exact) mass is 542 g/mol. The van der Waals surface area contributed by atoms with Crippen LogP contribution in [0.5, 0.6) is 0 Å². The Balaban J connectivity index is 1.39. The quantitative estimate of drug-likeness (QED) is 0.149. The van der Waals surface area contributed by atoms with Crippen LogP contribution in [0, 0.1) is 0 Å². The van der Waals surface area contributed by atoms with Crippen LogP contribution in [-0.2, 0) is 23.8 Å². The van der Waals surface area contributed by atoms with Crippen molar-refractivity contribution in [3.8, 4) is 5.69 Å². The summed E-state index contributed by atoms with van der Waals surface area (Å²) in [5, 5.41) is 4.70. The molecule has 4 aromatic rings. The zero-order valence-corrected chi connectivity index (χ0v) is 21.1. The average Bonchev–Trinajstić information content (AvgIpc) is 3.26. The van der Waals surface area contributed by atoms with Crippen LogP contribution in [0.3, 0.4) is 0 Å². The van der Waals surface area contributed by atoms with E-state index in [0.29, 0.717) is 21.1 Å². The third-order valence-corrected chi connectivity index (χ3v) is 8.09. The Morgan fingerprint density at radius 1 is 1.11 bits per heavy atom. The van der Waals surface area contributed by atoms with Gasteiger partial charge in [0.2, 0.25) is 0 Å². The third kappa shape index (κ3) is 5.33. The first kappa shape index (κ1) is 25.2. The van der Waals surface area contributed by atoms with Crippen LogP contribution in [0.1, 0.15) is 34.4 Å². The highest BCUT2D eigenvalue weighted by Gasteiger charge is 2.32. The lowest BCUT2D eigenvalue weighted by Crippen LogP contribution is -2.24. The number of carbonyl (C=O) groups excluding carboxylic acids is 1. The number of aryl methyl sites for hydroxylation is 2. The maximum atomic E-state index is 13.7. The predicted octanol–water partition coefficient (Wildman–Crippen LogP) is 5.59. The highest BCUT2D eigenvalue weighted by Crippen LogP contribution is 2.35. The van der Waals surface area contributed by atoms with Crippen LogP contribution in [0.2, 0.25) is 0 Å². The molecule has 1 aliphatic rings. The molecule has 0 unspecified atom stereocenters. The first-order valence-corrected chi connectivity index (χ1v) is 13.4. The Hall–Kier alpha value is -3.44. The van der Waals surface area contributed by atoms with Crippen LogP contribution in [0.25, 0.3) is 15.9 Å². The van der Waals surface area contributed by atoms with Gasteiger partial charge in [0.1, 0.15) is 4.83 Å². The maximum absolute atomic E-state index is 13.7. The second kappa shape index (κ2) is 10.5. The molecule has 0 spiro atoms. The standard InChI is InChI=1S/C26H21F3N4O2S2/c27-26(28,29)19-12-6-4-8-16(19)14-30-32-21(34)15-36-25-31-23-22(18-11-5-7-13-20(18)37-23)24(35)33(25)17-9-2-1-3-10-17/h1-4,6,8-10,12,14H,5,7,11,13,15H2,(H,32,34). The molecule has 5 rings (SSSR count). The van der Waals surface area contributed by atoms with Gasteiger partial charge in [0.25, 0.3) is 11.5 Å². The van der Waals surface area contributed by atoms with Gasteiger partial charge < -0.3 is 0 Å². The number of nitrogens with one attached hydrogen (secondary N) is 1. The fraction of sp³-hybridized carbons (Fsp3) is 0.231. The van der Waals surface area contributed by atoms with Crippen molar-refractivity contribution in [2.24, 2.45) is 5.10 Å². The van der Waals surface area contributed by atoms with Crippen molar-refractivity contribution in [1.29, 1.82) is 0 Å². The van der Waals surface area contributed by atoms with Gasteiger partial charge in [0.05, 0.1) is 28.6 Å². The number of nitrogens with zero attached hydrogens (tertiary/aromatic N) is 3. The van der Waals surface area contributed by atoms with Crippen molar-refractivity contribution in [3.63, 3.8) is 0 Å². The molecule has 2 heterocycles. The second-order valence-electron chi connectivity index (χ2n) is 8.43. The van der Waals surface area contributed by atoms with Gasteiger partial charge in [-0.05, 0) is 49.4 Å². The van der Waals surface area contributed by atoms with E-state index < -0.39 is 17.6 Å². The minimum Gasteiger partial charge on any atom is -0.272 e. The van der Waals surface area contributed by atoms with Crippen LogP contribution >= 0.6 is 23.1 Å². The normalized spacial score (nSPS) is 13.7. The van der Waals surface area contributed by atoms with Crippen molar-refractivity contribution in [2.45, 2.75) is 37.0 Å². The summed E-state index contributed by atoms with van der Waals surface area (Å²) in [5.74, 6) is -0.668. The number of hydrogen-bond donors (Lipinski definition) is 1. The van der Waals surface area contributed by atoms with Gasteiger partial charge in [-0.2, -0.15) is 18.3 Å². The number of aromatic nitrogens is 2. The SMILES string of the molecule is O=C(CSc1nc2sc3c(c2c(=O)n1-c1ccccc1)CCCC3)NN=Cc1ccccc1C(F)(F)F. The molecule has 1 N–H and O–H groups in total. The molecular formula is C26H21F3N4O2S2. The van der Waals surface area contributed by atoms with E-state index in [9.17, 15) is 22.8 Å². The molecule has 0 radical (unpaired) electrons. The van der Waals surface area contributed by atoms with Gasteiger partial charge in [0, 0.05) is 10.4 Å². The number of amides is 1. The van der Waals surface area contributed by atoms with E-state index in [-0.39, 0.29) is 16.9 Å². The van der Waals surface area contributed by atoms with Crippen LogP contribution in [0.15, 0.2) is 69.6 Å². The van der Waals surface area contributed by atoms with Crippen LogP contribution in [0.4, 0.5) is 13.2 Å². The molecule has 0 saturated carbocycles. The number of para-hydroxylation sites is 1. The van der Waals surface area contributed by atoms with Gasteiger partial charge in [-0.3, -0.25) is 14.2 Å². The molecule has 0 atom stereocenters. The second-order valence-corrected chi connectivity index (χ2v) is 10.5. The molecule has 2 aromatic carbocycles. The summed E-state index contributed by atoms with van der Waals surface area (Å²) in [7, 11) is 0. The molecule has 1 aliphatic carbocycles. The molecule has 0 bridgehead atoms. The highest BCUT2D eigenvalue weighted by molar-refractivity contribution is 7.99. The van der Waals surface area contributed by atoms with E-state index in [1.807, 2.05) is 18.2 Å². The molecular weight excluding hydrogens is 521 g/mol. The Bertz CT molecular complexity index is 1550. The average molecular weight is 543 g/mol. The lowest BCUT2D eigenvalue weighted by atomic mass is 9.97. The van der Waals surface area contributed by atoms with E-state index in [2.05, 4.69) is 10.5 Å². The van der Waals surface area contributed by atoms with Crippen molar-refractivity contribution in [3.05, 3.63) is 86.5 Å². The van der Waals surface area contributed by atoms with Gasteiger partial charge in [-0.1, -0.05) is 48.2 Å². The fourth-order valence-electron chi connectivity index (χ4n) is 4.29. The number of thioether (sulfide) groups is 1. The van der Waals surface area contributed by atoms with Crippen molar-refractivity contribution >= 4 is 45.4 Å². The number of hydrazone groups is 1. The molecule has 2 aromatic heterocycles. The summed E-state index contributed by atoms with van der Waals surface area (Å²) in [6, 6.07) is 14.1. The minimum absolute atomic E-state index is 0.131. The summed E-state index contributed by atoms with van der Waals surface area (Å²) in [4.78, 5) is 32.7. The van der Waals surface area contributed by atoms with Gasteiger partial charge in [-0.25, -0.2) is 10.4 Å². The van der Waals surface area contributed by atoms with E-state index in [1.54, 1.807) is 12.1 Å². The number of carbonyl (C=O) groups is 1. The number of halogens is 3. The molecule has 11 heteroatoms. The smallest absolute Gasteiger partial charge is 0.272 e. The van der Waals surface area contributed by atoms with Gasteiger partial charge >= 0.3 is 6.18 Å². The molecule has 190 valence electrons. The first-order chi connectivity index (χ1) is 17.8. The van der Waals surface area contributed by atoms with Gasteiger partial charge in [0.15, 0.2) is 5.16 Å². The predicted molar refractivity (Wildman–Crippen MR) is 140 cm³/mol. The number of thiophene rings is 1. The largest absolute Gasteiger partial charge is 0.417 e. The van der Waals surface area contributed by atoms with E-state index in [1.165, 1.54) is 39.0 Å². The third-order valence-electron chi connectivity index (χ3n) is 5.96. The van der Waals surface area contributed by atoms with Crippen molar-refractivity contribution < 1.29 is 18.0 Å². The molecule has 0 fully saturated rings. The lowest BCUT2D eigenvalue weighted by Gasteiger charge is -2.13. The molecule has 0 saturated heterocycles. The topological polar surface area (TPSA) is 76.3 Å². The van der Waals surface area contributed by atoms with E-state index in [4.69, 9.17) is 4.98 Å². The van der Waals surface area contributed by atoms with E-state index in [0.717, 1.165) is 55.3 Å². The number of benzene rings is 2. The Kier molecular flexibility index (Phi) is 7.16. The number of hydrogen-bond acceptors (Lipinski definition) is 6. The summed E-state index contributed by atoms with van der Waals surface area (Å²) in [5.41, 5.74) is 2.82. The molecule has 0 aliphatic heterocycles. The molecule has 1 amide bonds. The zero-order valence-electron chi connectivity index (χ0n) is 19.4. The Labute approximate surface area is 218 Å². The highest BCUT2D eigenvalue weighted by atomic mass is 32.2. The summed E-state index contributed by atoms with van der Waals surface area (Å²) >= 11 is 2.60. The Morgan fingerprint density at radius 2 is 1.84 bits per heavy atom. The summed E-state index contributed by atoms with van der Waals surface area (Å²) in [6.07, 6.45) is 0.338. The lowest BCUT2D eigenvalue weighted by molar-refractivity contribution is -0.137. The molecule has 37 heavy (non-hydrogen) atoms. The molecule has 6 nitrogen and oxygen atoms in total. The number of alkyl halides is 3. The summed E-state index contributed by atoms with van der Waals surface area (Å²) < 4.78 is 41.0. The van der Waals surface area contributed by atoms with Crippen LogP contribution in [-0.4, -0.2) is 27.4 Å². The van der Waals surface area contributed by atoms with E-state index >= 15 is 0 Å². The summed E-state index contributed by atoms with van der Waals surface area (Å²) in [6.45, 7) is 0. The van der Waals surface area contributed by atoms with Crippen molar-refractivity contribution in [1.82, 2.24) is 15.0 Å². The first-order valence-electron chi connectivity index (χ1n) is 11.6. The van der Waals surface area contributed by atoms with Gasteiger partial charge in [-0.15, -0.1) is 11.3 Å². The Morgan fingerprint density at radius 3 is 2.62 bits per heavy atom. The number of rotatable bonds is 6. The fourth-order valence-corrected chi connectivity index (χ4v) is 6.40.